The summed E-state index contributed by atoms with van der Waals surface area (Å²) >= 11 is 0. The number of likely N-dealkylation sites (tertiary alicyclic amines) is 1. The Bertz CT molecular complexity index is 1070. The van der Waals surface area contributed by atoms with Crippen LogP contribution in [-0.4, -0.2) is 41.2 Å². The van der Waals surface area contributed by atoms with E-state index in [1.807, 2.05) is 45.9 Å². The van der Waals surface area contributed by atoms with E-state index in [1.54, 1.807) is 23.2 Å². The van der Waals surface area contributed by atoms with Crippen LogP contribution >= 0.6 is 0 Å². The number of hydrogen-bond donors (Lipinski definition) is 0. The van der Waals surface area contributed by atoms with Crippen LogP contribution in [0.4, 0.5) is 4.79 Å². The Morgan fingerprint density at radius 2 is 1.88 bits per heavy atom. The molecule has 1 amide bonds. The van der Waals surface area contributed by atoms with E-state index >= 15 is 0 Å². The Labute approximate surface area is 190 Å². The summed E-state index contributed by atoms with van der Waals surface area (Å²) in [5, 5.41) is 0. The number of nitrogens with zero attached hydrogens (tertiary/aromatic N) is 3. The minimum absolute atomic E-state index is 0.158. The number of carbonyl (C=O) groups is 1. The van der Waals surface area contributed by atoms with Gasteiger partial charge in [0.1, 0.15) is 12.2 Å². The lowest BCUT2D eigenvalue weighted by Gasteiger charge is -2.42. The maximum atomic E-state index is 13.4. The van der Waals surface area contributed by atoms with Crippen LogP contribution in [0, 0.1) is 6.92 Å². The van der Waals surface area contributed by atoms with Crippen LogP contribution in [-0.2, 0) is 25.6 Å². The molecule has 3 rings (SSSR count). The van der Waals surface area contributed by atoms with Crippen molar-refractivity contribution < 1.29 is 22.1 Å². The predicted molar refractivity (Wildman–Crippen MR) is 120 cm³/mol. The van der Waals surface area contributed by atoms with Crippen molar-refractivity contribution in [2.45, 2.75) is 71.2 Å². The third-order valence-corrected chi connectivity index (χ3v) is 5.73. The van der Waals surface area contributed by atoms with Gasteiger partial charge in [0.2, 0.25) is 0 Å². The molecule has 1 fully saturated rings. The zero-order valence-corrected chi connectivity index (χ0v) is 20.1. The van der Waals surface area contributed by atoms with Crippen molar-refractivity contribution in [2.75, 3.05) is 6.26 Å². The predicted octanol–water partition coefficient (Wildman–Crippen LogP) is 4.46. The van der Waals surface area contributed by atoms with Gasteiger partial charge in [0.25, 0.3) is 10.1 Å². The van der Waals surface area contributed by atoms with Crippen molar-refractivity contribution in [2.24, 2.45) is 0 Å². The van der Waals surface area contributed by atoms with Gasteiger partial charge in [-0.05, 0) is 70.7 Å². The first-order valence-corrected chi connectivity index (χ1v) is 12.5. The average Bonchev–Trinajstić information content (AvgIpc) is 2.70. The maximum Gasteiger partial charge on any atom is 0.411 e. The summed E-state index contributed by atoms with van der Waals surface area (Å²) in [6, 6.07) is 8.64. The Morgan fingerprint density at radius 3 is 2.53 bits per heavy atom. The first kappa shape index (κ1) is 24.1. The summed E-state index contributed by atoms with van der Waals surface area (Å²) in [5.74, 6) is 0. The molecule has 1 aliphatic heterocycles. The van der Waals surface area contributed by atoms with Crippen molar-refractivity contribution in [3.8, 4) is 0 Å². The standard InChI is InChI=1S/C23H31N3O5S/c1-16-9-8-14-24-21(16)20-13-7-12-19(26(20)22(27)31-23(2,3)4)18-11-6-10-17(25-18)15-30-32(5,28)29/h6,8-11,14,19-20H,7,12-13,15H2,1-5H3/t19-,20+/m1/s1. The summed E-state index contributed by atoms with van der Waals surface area (Å²) in [6.45, 7) is 7.35. The fourth-order valence-corrected chi connectivity index (χ4v) is 4.24. The van der Waals surface area contributed by atoms with Gasteiger partial charge in [-0.2, -0.15) is 8.42 Å². The molecule has 0 bridgehead atoms. The molecule has 0 aromatic carbocycles. The van der Waals surface area contributed by atoms with E-state index in [1.165, 1.54) is 0 Å². The number of piperidine rings is 1. The highest BCUT2D eigenvalue weighted by Crippen LogP contribution is 2.42. The van der Waals surface area contributed by atoms with Gasteiger partial charge >= 0.3 is 6.09 Å². The quantitative estimate of drug-likeness (QED) is 0.606. The van der Waals surface area contributed by atoms with Gasteiger partial charge in [-0.15, -0.1) is 0 Å². The molecule has 1 aliphatic rings. The fourth-order valence-electron chi connectivity index (χ4n) is 3.91. The second-order valence-corrected chi connectivity index (χ2v) is 10.7. The Hall–Kier alpha value is -2.52. The molecule has 2 atom stereocenters. The molecule has 0 aliphatic carbocycles. The van der Waals surface area contributed by atoms with Gasteiger partial charge in [0.15, 0.2) is 0 Å². The molecular formula is C23H31N3O5S. The first-order chi connectivity index (χ1) is 14.9. The summed E-state index contributed by atoms with van der Waals surface area (Å²) in [6.07, 6.45) is 4.69. The lowest BCUT2D eigenvalue weighted by molar-refractivity contribution is -0.00807. The molecule has 2 aromatic heterocycles. The molecule has 0 saturated carbocycles. The molecule has 3 heterocycles. The highest BCUT2D eigenvalue weighted by molar-refractivity contribution is 7.85. The maximum absolute atomic E-state index is 13.4. The highest BCUT2D eigenvalue weighted by atomic mass is 32.2. The number of rotatable bonds is 5. The Kier molecular flexibility index (Phi) is 7.19. The van der Waals surface area contributed by atoms with E-state index in [4.69, 9.17) is 8.92 Å². The monoisotopic (exact) mass is 461 g/mol. The molecule has 0 radical (unpaired) electrons. The minimum atomic E-state index is -3.59. The number of pyridine rings is 2. The number of hydrogen-bond acceptors (Lipinski definition) is 7. The first-order valence-electron chi connectivity index (χ1n) is 10.7. The van der Waals surface area contributed by atoms with Crippen molar-refractivity contribution >= 4 is 16.2 Å². The van der Waals surface area contributed by atoms with Gasteiger partial charge in [0.05, 0.1) is 35.4 Å². The van der Waals surface area contributed by atoms with Gasteiger partial charge in [0, 0.05) is 6.20 Å². The lowest BCUT2D eigenvalue weighted by atomic mass is 9.90. The summed E-state index contributed by atoms with van der Waals surface area (Å²) in [7, 11) is -3.59. The van der Waals surface area contributed by atoms with E-state index in [0.29, 0.717) is 17.8 Å². The molecule has 1 saturated heterocycles. The third-order valence-electron chi connectivity index (χ3n) is 5.19. The molecule has 32 heavy (non-hydrogen) atoms. The SMILES string of the molecule is Cc1cccnc1[C@@H]1CCC[C@H](c2cccc(COS(C)(=O)=O)n2)N1C(=O)OC(C)(C)C. The number of carbonyl (C=O) groups excluding carboxylic acids is 1. The molecule has 0 unspecified atom stereocenters. The van der Waals surface area contributed by atoms with Crippen LogP contribution < -0.4 is 0 Å². The second-order valence-electron chi connectivity index (χ2n) is 9.08. The zero-order valence-electron chi connectivity index (χ0n) is 19.2. The molecular weight excluding hydrogens is 430 g/mol. The van der Waals surface area contributed by atoms with Crippen molar-refractivity contribution in [1.29, 1.82) is 0 Å². The fraction of sp³-hybridized carbons (Fsp3) is 0.522. The smallest absolute Gasteiger partial charge is 0.411 e. The zero-order chi connectivity index (χ0) is 23.5. The van der Waals surface area contributed by atoms with Crippen LogP contribution in [0.25, 0.3) is 0 Å². The molecule has 2 aromatic rings. The summed E-state index contributed by atoms with van der Waals surface area (Å²) in [5.41, 5.74) is 2.35. The van der Waals surface area contributed by atoms with E-state index in [2.05, 4.69) is 9.97 Å². The van der Waals surface area contributed by atoms with Crippen LogP contribution in [0.15, 0.2) is 36.5 Å². The van der Waals surface area contributed by atoms with Gasteiger partial charge in [-0.25, -0.2) is 4.79 Å². The van der Waals surface area contributed by atoms with Crippen LogP contribution in [0.2, 0.25) is 0 Å². The number of aryl methyl sites for hydroxylation is 1. The van der Waals surface area contributed by atoms with Gasteiger partial charge in [-0.3, -0.25) is 19.1 Å². The average molecular weight is 462 g/mol. The largest absolute Gasteiger partial charge is 0.444 e. The molecule has 8 nitrogen and oxygen atoms in total. The van der Waals surface area contributed by atoms with E-state index in [-0.39, 0.29) is 18.7 Å². The highest BCUT2D eigenvalue weighted by Gasteiger charge is 2.40. The molecule has 174 valence electrons. The summed E-state index contributed by atoms with van der Waals surface area (Å²) in [4.78, 5) is 24.3. The van der Waals surface area contributed by atoms with E-state index < -0.39 is 21.8 Å². The van der Waals surface area contributed by atoms with Crippen molar-refractivity contribution in [1.82, 2.24) is 14.9 Å². The Balaban J connectivity index is 1.99. The lowest BCUT2D eigenvalue weighted by Crippen LogP contribution is -2.44. The van der Waals surface area contributed by atoms with Crippen LogP contribution in [0.5, 0.6) is 0 Å². The van der Waals surface area contributed by atoms with E-state index in [0.717, 1.165) is 30.4 Å². The van der Waals surface area contributed by atoms with E-state index in [9.17, 15) is 13.2 Å². The number of ether oxygens (including phenoxy) is 1. The number of amides is 1. The van der Waals surface area contributed by atoms with Crippen molar-refractivity contribution in [3.63, 3.8) is 0 Å². The second kappa shape index (κ2) is 9.54. The third kappa shape index (κ3) is 6.26. The number of aromatic nitrogens is 2. The normalized spacial score (nSPS) is 19.6. The van der Waals surface area contributed by atoms with Crippen LogP contribution in [0.1, 0.15) is 74.8 Å². The van der Waals surface area contributed by atoms with Gasteiger partial charge in [-0.1, -0.05) is 12.1 Å². The Morgan fingerprint density at radius 1 is 1.16 bits per heavy atom. The molecule has 0 spiro atoms. The van der Waals surface area contributed by atoms with Gasteiger partial charge < -0.3 is 4.74 Å². The minimum Gasteiger partial charge on any atom is -0.444 e. The van der Waals surface area contributed by atoms with Crippen molar-refractivity contribution in [3.05, 3.63) is 59.2 Å². The summed E-state index contributed by atoms with van der Waals surface area (Å²) < 4.78 is 33.4. The topological polar surface area (TPSA) is 98.7 Å². The molecule has 9 heteroatoms. The molecule has 0 N–H and O–H groups in total. The van der Waals surface area contributed by atoms with Crippen LogP contribution in [0.3, 0.4) is 0 Å².